The lowest BCUT2D eigenvalue weighted by Gasteiger charge is -2.25. The molecule has 5 N–H and O–H groups in total. The lowest BCUT2D eigenvalue weighted by atomic mass is 10.0. The number of alkyl carbamates (subject to hydrolysis) is 1. The van der Waals surface area contributed by atoms with E-state index in [1.807, 2.05) is 79.7 Å². The quantitative estimate of drug-likeness (QED) is 0.101. The van der Waals surface area contributed by atoms with Gasteiger partial charge in [-0.2, -0.15) is 0 Å². The van der Waals surface area contributed by atoms with Gasteiger partial charge in [0.2, 0.25) is 18.2 Å². The van der Waals surface area contributed by atoms with Crippen LogP contribution in [0.15, 0.2) is 24.3 Å². The third-order valence-corrected chi connectivity index (χ3v) is 6.79. The number of fused-ring (bicyclic) bond motifs is 12. The number of carbonyl (C=O) groups excluding carboxylic acids is 5. The van der Waals surface area contributed by atoms with Crippen LogP contribution in [-0.4, -0.2) is 86.4 Å². The Bertz CT molecular complexity index is 1130. The number of hydrogen-bond acceptors (Lipinski definition) is 9. The molecule has 308 valence electrons. The van der Waals surface area contributed by atoms with Gasteiger partial charge in [0.1, 0.15) is 17.2 Å². The van der Waals surface area contributed by atoms with Crippen LogP contribution in [0, 0.1) is 5.92 Å². The van der Waals surface area contributed by atoms with Crippen LogP contribution in [0.5, 0.6) is 0 Å². The van der Waals surface area contributed by atoms with E-state index < -0.39 is 29.3 Å². The van der Waals surface area contributed by atoms with E-state index in [9.17, 15) is 24.0 Å². The highest BCUT2D eigenvalue weighted by Gasteiger charge is 2.25. The highest BCUT2D eigenvalue weighted by molar-refractivity contribution is 5.90. The van der Waals surface area contributed by atoms with Gasteiger partial charge in [0.25, 0.3) is 0 Å². The van der Waals surface area contributed by atoms with Crippen molar-refractivity contribution in [2.24, 2.45) is 5.92 Å². The fourth-order valence-corrected chi connectivity index (χ4v) is 4.27. The number of nitrogens with one attached hydrogen (secondary N) is 5. The van der Waals surface area contributed by atoms with Crippen molar-refractivity contribution < 1.29 is 38.2 Å². The topological polar surface area (TPSA) is 173 Å². The predicted octanol–water partition coefficient (Wildman–Crippen LogP) is 6.53. The molecule has 2 bridgehead atoms. The smallest absolute Gasteiger partial charge is 0.407 e. The number of rotatable bonds is 10. The lowest BCUT2D eigenvalue weighted by Crippen LogP contribution is -2.50. The number of unbranched alkanes of at least 4 members (excludes halogenated alkanes) is 1. The summed E-state index contributed by atoms with van der Waals surface area (Å²) in [7, 11) is 1.79. The van der Waals surface area contributed by atoms with Gasteiger partial charge >= 0.3 is 12.1 Å². The van der Waals surface area contributed by atoms with E-state index in [0.717, 1.165) is 11.3 Å². The van der Waals surface area contributed by atoms with E-state index in [4.69, 9.17) is 14.2 Å². The highest BCUT2D eigenvalue weighted by atomic mass is 16.6. The van der Waals surface area contributed by atoms with Crippen molar-refractivity contribution in [1.82, 2.24) is 21.3 Å². The minimum atomic E-state index is -0.673. The maximum atomic E-state index is 12.6. The first kappa shape index (κ1) is 53.6. The summed E-state index contributed by atoms with van der Waals surface area (Å²) in [6.07, 6.45) is 2.67. The number of anilines is 1. The number of benzene rings is 1. The van der Waals surface area contributed by atoms with Crippen LogP contribution in [0.25, 0.3) is 0 Å². The van der Waals surface area contributed by atoms with E-state index in [2.05, 4.69) is 26.6 Å². The second-order valence-electron chi connectivity index (χ2n) is 13.8. The molecule has 2 aliphatic rings. The molecular weight excluding hydrogens is 678 g/mol. The maximum absolute atomic E-state index is 12.6. The second kappa shape index (κ2) is 30.7. The molecule has 1 aromatic carbocycles. The Labute approximate surface area is 321 Å². The standard InChI is InChI=1S/C18H27N3O3.C16H30N2O5.3C2H6/c1-12(2)16-11-24-9-8-17(22)20-14-6-4-13(5-7-14)10-15(19-3)18(23)21-16;1-15(2,3)22-13(20)12(18-11-19)9-7-8-10-17-14(21)23-16(4,5)6;3*1-2/h4-7,12,15-16,19H,8-11H2,1-3H3,(H,20,22)(H,21,23);11-12H,7-10H2,1-6H3,(H,17,21)(H,18,19);3*1-2H3/t15-,16?;12-;;;/m10.../s1. The van der Waals surface area contributed by atoms with Crippen LogP contribution < -0.4 is 26.6 Å². The molecule has 53 heavy (non-hydrogen) atoms. The summed E-state index contributed by atoms with van der Waals surface area (Å²) in [6, 6.07) is 6.52. The molecule has 0 aliphatic carbocycles. The van der Waals surface area contributed by atoms with Gasteiger partial charge in [-0.25, -0.2) is 9.59 Å². The minimum Gasteiger partial charge on any atom is -0.458 e. The number of hydrogen-bond donors (Lipinski definition) is 5. The van der Waals surface area contributed by atoms with Crippen molar-refractivity contribution in [2.75, 3.05) is 32.1 Å². The molecule has 0 radical (unpaired) electrons. The summed E-state index contributed by atoms with van der Waals surface area (Å²) in [5.74, 6) is -0.316. The first-order chi connectivity index (χ1) is 24.9. The van der Waals surface area contributed by atoms with Gasteiger partial charge in [0.15, 0.2) is 0 Å². The summed E-state index contributed by atoms with van der Waals surface area (Å²) in [5.41, 5.74) is 0.664. The van der Waals surface area contributed by atoms with Crippen molar-refractivity contribution in [3.8, 4) is 0 Å². The lowest BCUT2D eigenvalue weighted by molar-refractivity contribution is -0.158. The Morgan fingerprint density at radius 1 is 0.925 bits per heavy atom. The average molecular weight is 754 g/mol. The highest BCUT2D eigenvalue weighted by Crippen LogP contribution is 2.14. The zero-order valence-corrected chi connectivity index (χ0v) is 35.6. The largest absolute Gasteiger partial charge is 0.458 e. The Morgan fingerprint density at radius 2 is 1.49 bits per heavy atom. The molecule has 13 nitrogen and oxygen atoms in total. The number of ether oxygens (including phenoxy) is 3. The van der Waals surface area contributed by atoms with E-state index in [1.54, 1.807) is 48.6 Å². The number of carbonyl (C=O) groups is 5. The third-order valence-electron chi connectivity index (χ3n) is 6.79. The maximum Gasteiger partial charge on any atom is 0.407 e. The van der Waals surface area contributed by atoms with E-state index in [1.165, 1.54) is 0 Å². The van der Waals surface area contributed by atoms with Gasteiger partial charge in [-0.05, 0) is 97.9 Å². The SMILES string of the molecule is CC.CC.CC.CC(C)(C)OC(=O)NCCCC[C@H](NC=O)C(=O)OC(C)(C)C.CN[C@@H]1Cc2ccc(cc2)NC(=O)CCOCC(C(C)C)NC1=O. The Hall–Kier alpha value is -3.71. The summed E-state index contributed by atoms with van der Waals surface area (Å²) >= 11 is 0. The Morgan fingerprint density at radius 3 is 1.98 bits per heavy atom. The first-order valence-corrected chi connectivity index (χ1v) is 19.3. The third kappa shape index (κ3) is 28.5. The van der Waals surface area contributed by atoms with Crippen molar-refractivity contribution in [3.63, 3.8) is 0 Å². The Kier molecular flexibility index (Phi) is 31.1. The molecule has 3 rings (SSSR count). The molecule has 1 aromatic rings. The van der Waals surface area contributed by atoms with Gasteiger partial charge in [-0.3, -0.25) is 14.4 Å². The second-order valence-corrected chi connectivity index (χ2v) is 13.8. The van der Waals surface area contributed by atoms with Gasteiger partial charge in [0, 0.05) is 12.2 Å². The summed E-state index contributed by atoms with van der Waals surface area (Å²) in [4.78, 5) is 58.5. The van der Waals surface area contributed by atoms with E-state index >= 15 is 0 Å². The molecule has 3 atom stereocenters. The zero-order valence-electron chi connectivity index (χ0n) is 35.6. The number of likely N-dealkylation sites (N-methyl/N-ethyl adjacent to an activating group) is 1. The van der Waals surface area contributed by atoms with Gasteiger partial charge < -0.3 is 40.8 Å². The molecule has 2 aliphatic heterocycles. The van der Waals surface area contributed by atoms with Crippen molar-refractivity contribution in [3.05, 3.63) is 29.8 Å². The Balaban J connectivity index is -0.000000827. The molecule has 0 saturated carbocycles. The molecule has 2 heterocycles. The first-order valence-electron chi connectivity index (χ1n) is 19.3. The fraction of sp³-hybridized carbons (Fsp3) is 0.725. The number of esters is 1. The van der Waals surface area contributed by atoms with Gasteiger partial charge in [-0.15, -0.1) is 0 Å². The average Bonchev–Trinajstić information content (AvgIpc) is 3.10. The van der Waals surface area contributed by atoms with Gasteiger partial charge in [-0.1, -0.05) is 67.5 Å². The van der Waals surface area contributed by atoms with Crippen LogP contribution in [0.1, 0.15) is 128 Å². The summed E-state index contributed by atoms with van der Waals surface area (Å²) in [6.45, 7) is 28.0. The summed E-state index contributed by atoms with van der Waals surface area (Å²) < 4.78 is 16.0. The predicted molar refractivity (Wildman–Crippen MR) is 215 cm³/mol. The number of amides is 4. The van der Waals surface area contributed by atoms with Crippen LogP contribution in [0.4, 0.5) is 10.5 Å². The monoisotopic (exact) mass is 754 g/mol. The van der Waals surface area contributed by atoms with Crippen molar-refractivity contribution in [1.29, 1.82) is 0 Å². The van der Waals surface area contributed by atoms with Crippen molar-refractivity contribution >= 4 is 36.0 Å². The fourth-order valence-electron chi connectivity index (χ4n) is 4.27. The van der Waals surface area contributed by atoms with Crippen LogP contribution in [-0.2, 0) is 39.8 Å². The molecule has 4 amide bonds. The van der Waals surface area contributed by atoms with E-state index in [0.29, 0.717) is 58.3 Å². The normalized spacial score (nSPS) is 16.5. The van der Waals surface area contributed by atoms with E-state index in [-0.39, 0.29) is 29.8 Å². The molecule has 0 saturated heterocycles. The molecule has 13 heteroatoms. The molecule has 0 aromatic heterocycles. The zero-order chi connectivity index (χ0) is 41.6. The van der Waals surface area contributed by atoms with Crippen molar-refractivity contribution in [2.45, 2.75) is 158 Å². The van der Waals surface area contributed by atoms with Crippen LogP contribution in [0.3, 0.4) is 0 Å². The molecule has 0 fully saturated rings. The minimum absolute atomic E-state index is 0.0343. The molecule has 0 spiro atoms. The molecule has 1 unspecified atom stereocenters. The van der Waals surface area contributed by atoms with Gasteiger partial charge in [0.05, 0.1) is 31.7 Å². The summed E-state index contributed by atoms with van der Waals surface area (Å²) in [5, 5.41) is 14.1. The van der Waals surface area contributed by atoms with Crippen LogP contribution >= 0.6 is 0 Å². The van der Waals surface area contributed by atoms with Crippen LogP contribution in [0.2, 0.25) is 0 Å². The molecular formula is C40H75N5O8.